The normalized spacial score (nSPS) is 11.2. The zero-order valence-electron chi connectivity index (χ0n) is 11.3. The van der Waals surface area contributed by atoms with E-state index in [0.29, 0.717) is 19.6 Å². The van der Waals surface area contributed by atoms with Gasteiger partial charge in [0.1, 0.15) is 0 Å². The van der Waals surface area contributed by atoms with Gasteiger partial charge in [0.2, 0.25) is 0 Å². The van der Waals surface area contributed by atoms with E-state index in [0.717, 1.165) is 18.2 Å². The molecule has 0 unspecified atom stereocenters. The van der Waals surface area contributed by atoms with E-state index in [1.54, 1.807) is 7.11 Å². The van der Waals surface area contributed by atoms with Crippen LogP contribution in [0.25, 0.3) is 0 Å². The molecule has 0 atom stereocenters. The molecule has 0 aliphatic carbocycles. The van der Waals surface area contributed by atoms with Crippen LogP contribution in [0.4, 0.5) is 4.39 Å². The van der Waals surface area contributed by atoms with Gasteiger partial charge in [-0.1, -0.05) is 0 Å². The molecule has 118 valence electrons. The van der Waals surface area contributed by atoms with Crippen molar-refractivity contribution in [2.75, 3.05) is 26.9 Å². The third-order valence-electron chi connectivity index (χ3n) is 2.39. The van der Waals surface area contributed by atoms with Gasteiger partial charge < -0.3 is 14.8 Å². The first kappa shape index (κ1) is 17.7. The number of hydrogen-bond acceptors (Lipinski definition) is 5. The fourth-order valence-corrected chi connectivity index (χ4v) is 2.15. The number of carbonyl (C=O) groups is 1. The number of methoxy groups -OCH3 is 1. The minimum absolute atomic E-state index is 0.230. The summed E-state index contributed by atoms with van der Waals surface area (Å²) in [6.07, 6.45) is 0.652. The number of amides is 1. The van der Waals surface area contributed by atoms with Crippen LogP contribution in [0.2, 0.25) is 0 Å². The Labute approximate surface area is 126 Å². The fourth-order valence-electron chi connectivity index (χ4n) is 1.39. The average molecular weight is 340 g/mol. The molecule has 1 aromatic rings. The smallest absolute Gasteiger partial charge is 0.261 e. The predicted octanol–water partition coefficient (Wildman–Crippen LogP) is 1.28. The van der Waals surface area contributed by atoms with E-state index < -0.39 is 20.8 Å². The minimum atomic E-state index is -4.01. The maximum atomic E-state index is 13.6. The predicted molar refractivity (Wildman–Crippen MR) is 74.4 cm³/mol. The molecule has 1 aromatic carbocycles. The summed E-state index contributed by atoms with van der Waals surface area (Å²) in [6.45, 7) is 0.558. The van der Waals surface area contributed by atoms with Crippen molar-refractivity contribution < 1.29 is 27.1 Å². The molecule has 1 amide bonds. The fraction of sp³-hybridized carbons (Fsp3) is 0.417. The Morgan fingerprint density at radius 2 is 2.14 bits per heavy atom. The van der Waals surface area contributed by atoms with Gasteiger partial charge in [0.25, 0.3) is 15.0 Å². The molecule has 1 rings (SSSR count). The van der Waals surface area contributed by atoms with E-state index >= 15 is 0 Å². The standard InChI is InChI=1S/C12H15ClFNO5S/c1-19-6-2-5-15-12(16)8-20-11-4-3-9(7-10(11)14)21(13,17)18/h3-4,7H,2,5-6,8H2,1H3,(H,15,16). The molecule has 9 heteroatoms. The quantitative estimate of drug-likeness (QED) is 0.570. The molecule has 1 N–H and O–H groups in total. The molecule has 0 heterocycles. The summed E-state index contributed by atoms with van der Waals surface area (Å²) >= 11 is 0. The third-order valence-corrected chi connectivity index (χ3v) is 3.74. The summed E-state index contributed by atoms with van der Waals surface area (Å²) in [4.78, 5) is 11.0. The van der Waals surface area contributed by atoms with Crippen LogP contribution in [0.1, 0.15) is 6.42 Å². The molecule has 0 aromatic heterocycles. The van der Waals surface area contributed by atoms with E-state index in [9.17, 15) is 17.6 Å². The van der Waals surface area contributed by atoms with Crippen molar-refractivity contribution in [3.63, 3.8) is 0 Å². The van der Waals surface area contributed by atoms with Gasteiger partial charge in [-0.05, 0) is 24.6 Å². The van der Waals surface area contributed by atoms with Crippen LogP contribution in [0.3, 0.4) is 0 Å². The van der Waals surface area contributed by atoms with Crippen LogP contribution in [-0.4, -0.2) is 41.2 Å². The van der Waals surface area contributed by atoms with Crippen molar-refractivity contribution in [3.05, 3.63) is 24.0 Å². The second kappa shape index (κ2) is 8.16. The van der Waals surface area contributed by atoms with Gasteiger partial charge >= 0.3 is 0 Å². The number of halogens is 2. The molecule has 0 fully saturated rings. The number of benzene rings is 1. The van der Waals surface area contributed by atoms with E-state index in [1.165, 1.54) is 0 Å². The lowest BCUT2D eigenvalue weighted by molar-refractivity contribution is -0.123. The highest BCUT2D eigenvalue weighted by Crippen LogP contribution is 2.23. The van der Waals surface area contributed by atoms with E-state index in [1.807, 2.05) is 0 Å². The van der Waals surface area contributed by atoms with Crippen LogP contribution in [0, 0.1) is 5.82 Å². The summed E-state index contributed by atoms with van der Waals surface area (Å²) in [5, 5.41) is 2.56. The van der Waals surface area contributed by atoms with Gasteiger partial charge in [-0.25, -0.2) is 12.8 Å². The molecule has 0 aliphatic heterocycles. The zero-order valence-corrected chi connectivity index (χ0v) is 12.8. The molecule has 0 radical (unpaired) electrons. The van der Waals surface area contributed by atoms with Crippen LogP contribution >= 0.6 is 10.7 Å². The maximum Gasteiger partial charge on any atom is 0.261 e. The number of rotatable bonds is 8. The Balaban J connectivity index is 2.51. The first-order valence-electron chi connectivity index (χ1n) is 5.97. The topological polar surface area (TPSA) is 81.7 Å². The highest BCUT2D eigenvalue weighted by Gasteiger charge is 2.14. The van der Waals surface area contributed by atoms with Gasteiger partial charge in [0, 0.05) is 30.9 Å². The maximum absolute atomic E-state index is 13.6. The SMILES string of the molecule is COCCCNC(=O)COc1ccc(S(=O)(=O)Cl)cc1F. The van der Waals surface area contributed by atoms with Crippen molar-refractivity contribution in [1.82, 2.24) is 5.32 Å². The number of ether oxygens (including phenoxy) is 2. The lowest BCUT2D eigenvalue weighted by Gasteiger charge is -2.08. The first-order chi connectivity index (χ1) is 9.84. The van der Waals surface area contributed by atoms with Gasteiger partial charge in [0.15, 0.2) is 18.2 Å². The molecule has 0 spiro atoms. The van der Waals surface area contributed by atoms with Crippen molar-refractivity contribution in [2.45, 2.75) is 11.3 Å². The average Bonchev–Trinajstić information content (AvgIpc) is 2.41. The monoisotopic (exact) mass is 339 g/mol. The summed E-state index contributed by atoms with van der Waals surface area (Å²) in [5.74, 6) is -1.56. The molecule has 0 aliphatic rings. The zero-order chi connectivity index (χ0) is 15.9. The van der Waals surface area contributed by atoms with Crippen molar-refractivity contribution in [2.24, 2.45) is 0 Å². The lowest BCUT2D eigenvalue weighted by atomic mass is 10.3. The van der Waals surface area contributed by atoms with Gasteiger partial charge in [-0.2, -0.15) is 0 Å². The molecule has 21 heavy (non-hydrogen) atoms. The number of carbonyl (C=O) groups excluding carboxylic acids is 1. The van der Waals surface area contributed by atoms with E-state index in [2.05, 4.69) is 5.32 Å². The highest BCUT2D eigenvalue weighted by atomic mass is 35.7. The Morgan fingerprint density at radius 1 is 1.43 bits per heavy atom. The Kier molecular flexibility index (Phi) is 6.86. The second-order valence-electron chi connectivity index (χ2n) is 4.02. The number of hydrogen-bond donors (Lipinski definition) is 1. The Morgan fingerprint density at radius 3 is 2.71 bits per heavy atom. The van der Waals surface area contributed by atoms with E-state index in [4.69, 9.17) is 20.2 Å². The highest BCUT2D eigenvalue weighted by molar-refractivity contribution is 8.13. The molecule has 0 saturated carbocycles. The third kappa shape index (κ3) is 6.28. The first-order valence-corrected chi connectivity index (χ1v) is 8.28. The summed E-state index contributed by atoms with van der Waals surface area (Å²) in [5.41, 5.74) is 0. The summed E-state index contributed by atoms with van der Waals surface area (Å²) < 4.78 is 45.4. The van der Waals surface area contributed by atoms with Crippen molar-refractivity contribution in [1.29, 1.82) is 0 Å². The van der Waals surface area contributed by atoms with Crippen LogP contribution in [-0.2, 0) is 18.6 Å². The lowest BCUT2D eigenvalue weighted by Crippen LogP contribution is -2.30. The van der Waals surface area contributed by atoms with Crippen molar-refractivity contribution >= 4 is 25.6 Å². The Hall–Kier alpha value is -1.38. The van der Waals surface area contributed by atoms with E-state index in [-0.39, 0.29) is 17.3 Å². The van der Waals surface area contributed by atoms with Crippen molar-refractivity contribution in [3.8, 4) is 5.75 Å². The van der Waals surface area contributed by atoms with Crippen LogP contribution < -0.4 is 10.1 Å². The second-order valence-corrected chi connectivity index (χ2v) is 6.58. The van der Waals surface area contributed by atoms with Gasteiger partial charge in [0.05, 0.1) is 4.90 Å². The summed E-state index contributed by atoms with van der Waals surface area (Å²) in [7, 11) is 2.63. The van der Waals surface area contributed by atoms with Gasteiger partial charge in [-0.15, -0.1) is 0 Å². The minimum Gasteiger partial charge on any atom is -0.481 e. The largest absolute Gasteiger partial charge is 0.481 e. The van der Waals surface area contributed by atoms with Crippen LogP contribution in [0.5, 0.6) is 5.75 Å². The molecular formula is C12H15ClFNO5S. The Bertz CT molecular complexity index is 593. The summed E-state index contributed by atoms with van der Waals surface area (Å²) in [6, 6.07) is 2.92. The molecule has 6 nitrogen and oxygen atoms in total. The van der Waals surface area contributed by atoms with Gasteiger partial charge in [-0.3, -0.25) is 4.79 Å². The van der Waals surface area contributed by atoms with Crippen LogP contribution in [0.15, 0.2) is 23.1 Å². The molecule has 0 bridgehead atoms. The number of nitrogens with one attached hydrogen (secondary N) is 1. The molecular weight excluding hydrogens is 325 g/mol. The molecule has 0 saturated heterocycles.